The van der Waals surface area contributed by atoms with Crippen molar-refractivity contribution in [2.24, 2.45) is 4.99 Å². The van der Waals surface area contributed by atoms with Crippen LogP contribution in [0.2, 0.25) is 0 Å². The molecule has 1 heterocycles. The molecule has 0 aromatic heterocycles. The fourth-order valence-electron chi connectivity index (χ4n) is 3.40. The molecule has 1 fully saturated rings. The first-order chi connectivity index (χ1) is 12.2. The van der Waals surface area contributed by atoms with E-state index in [9.17, 15) is 0 Å². The maximum Gasteiger partial charge on any atom is 0.191 e. The summed E-state index contributed by atoms with van der Waals surface area (Å²) < 4.78 is 0. The van der Waals surface area contributed by atoms with Gasteiger partial charge in [0.1, 0.15) is 0 Å². The molecule has 5 heteroatoms. The second-order valence-corrected chi connectivity index (χ2v) is 6.79. The van der Waals surface area contributed by atoms with Crippen LogP contribution in [-0.2, 0) is 6.54 Å². The van der Waals surface area contributed by atoms with Crippen molar-refractivity contribution >= 4 is 5.96 Å². The van der Waals surface area contributed by atoms with E-state index >= 15 is 0 Å². The molecular formula is C20H35N5. The van der Waals surface area contributed by atoms with E-state index in [1.165, 1.54) is 24.9 Å². The molecule has 1 atom stereocenters. The number of hydrogen-bond acceptors (Lipinski definition) is 3. The second-order valence-electron chi connectivity index (χ2n) is 6.79. The van der Waals surface area contributed by atoms with Gasteiger partial charge in [-0.3, -0.25) is 9.89 Å². The Morgan fingerprint density at radius 1 is 1.24 bits per heavy atom. The maximum absolute atomic E-state index is 4.81. The monoisotopic (exact) mass is 345 g/mol. The van der Waals surface area contributed by atoms with Crippen molar-refractivity contribution in [1.82, 2.24) is 20.4 Å². The van der Waals surface area contributed by atoms with E-state index in [4.69, 9.17) is 4.99 Å². The molecule has 2 rings (SSSR count). The molecule has 140 valence electrons. The van der Waals surface area contributed by atoms with E-state index in [0.717, 1.165) is 45.2 Å². The molecule has 0 aliphatic carbocycles. The van der Waals surface area contributed by atoms with Gasteiger partial charge < -0.3 is 15.5 Å². The number of aliphatic imine (C=N–C) groups is 1. The number of guanidine groups is 1. The molecule has 0 saturated carbocycles. The molecule has 0 bridgehead atoms. The van der Waals surface area contributed by atoms with Gasteiger partial charge in [-0.2, -0.15) is 0 Å². The number of nitrogens with zero attached hydrogens (tertiary/aromatic N) is 3. The Balaban J connectivity index is 1.73. The van der Waals surface area contributed by atoms with Crippen molar-refractivity contribution in [2.45, 2.75) is 39.3 Å². The Labute approximate surface area is 153 Å². The predicted octanol–water partition coefficient (Wildman–Crippen LogP) is 2.16. The van der Waals surface area contributed by atoms with Gasteiger partial charge in [-0.25, -0.2) is 0 Å². The van der Waals surface area contributed by atoms with E-state index in [1.54, 1.807) is 0 Å². The van der Waals surface area contributed by atoms with Gasteiger partial charge in [-0.05, 0) is 45.5 Å². The van der Waals surface area contributed by atoms with Gasteiger partial charge in [0, 0.05) is 32.2 Å². The molecule has 1 unspecified atom stereocenters. The standard InChI is InChI=1S/C20H35N5/c1-4-21-20(23-16-19-12-9-14-25(19)5-2)22-13-15-24(3)17-18-10-7-6-8-11-18/h6-8,10-11,19H,4-5,9,12-17H2,1-3H3,(H2,21,22,23). The zero-order valence-electron chi connectivity index (χ0n) is 16.2. The third kappa shape index (κ3) is 7.04. The SMILES string of the molecule is CCNC(=NCC1CCCN1CC)NCCN(C)Cc1ccccc1. The lowest BCUT2D eigenvalue weighted by Gasteiger charge is -2.22. The Morgan fingerprint density at radius 3 is 2.76 bits per heavy atom. The molecule has 1 aliphatic heterocycles. The van der Waals surface area contributed by atoms with E-state index in [-0.39, 0.29) is 0 Å². The number of benzene rings is 1. The largest absolute Gasteiger partial charge is 0.357 e. The van der Waals surface area contributed by atoms with Gasteiger partial charge in [-0.1, -0.05) is 37.3 Å². The molecule has 1 aliphatic rings. The van der Waals surface area contributed by atoms with Gasteiger partial charge in [0.15, 0.2) is 5.96 Å². The summed E-state index contributed by atoms with van der Waals surface area (Å²) in [6, 6.07) is 11.2. The third-order valence-corrected chi connectivity index (χ3v) is 4.79. The van der Waals surface area contributed by atoms with Crippen LogP contribution in [0.5, 0.6) is 0 Å². The van der Waals surface area contributed by atoms with Gasteiger partial charge in [0.25, 0.3) is 0 Å². The van der Waals surface area contributed by atoms with Gasteiger partial charge >= 0.3 is 0 Å². The Hall–Kier alpha value is -1.59. The van der Waals surface area contributed by atoms with Crippen molar-refractivity contribution in [3.8, 4) is 0 Å². The highest BCUT2D eigenvalue weighted by Crippen LogP contribution is 2.16. The van der Waals surface area contributed by atoms with Crippen LogP contribution in [0.15, 0.2) is 35.3 Å². The summed E-state index contributed by atoms with van der Waals surface area (Å²) in [5, 5.41) is 6.84. The first-order valence-electron chi connectivity index (χ1n) is 9.71. The molecule has 2 N–H and O–H groups in total. The third-order valence-electron chi connectivity index (χ3n) is 4.79. The normalized spacial score (nSPS) is 18.7. The molecule has 0 amide bonds. The fraction of sp³-hybridized carbons (Fsp3) is 0.650. The summed E-state index contributed by atoms with van der Waals surface area (Å²) in [6.07, 6.45) is 2.58. The lowest BCUT2D eigenvalue weighted by atomic mass is 10.2. The minimum absolute atomic E-state index is 0.612. The fourth-order valence-corrected chi connectivity index (χ4v) is 3.40. The molecule has 25 heavy (non-hydrogen) atoms. The Kier molecular flexibility index (Phi) is 8.77. The summed E-state index contributed by atoms with van der Waals surface area (Å²) in [5.74, 6) is 0.943. The van der Waals surface area contributed by atoms with Crippen molar-refractivity contribution in [3.05, 3.63) is 35.9 Å². The van der Waals surface area contributed by atoms with Crippen molar-refractivity contribution < 1.29 is 0 Å². The van der Waals surface area contributed by atoms with Crippen LogP contribution < -0.4 is 10.6 Å². The highest BCUT2D eigenvalue weighted by Gasteiger charge is 2.22. The van der Waals surface area contributed by atoms with E-state index in [2.05, 4.69) is 71.7 Å². The molecule has 1 saturated heterocycles. The summed E-state index contributed by atoms with van der Waals surface area (Å²) in [7, 11) is 2.16. The molecular weight excluding hydrogens is 310 g/mol. The van der Waals surface area contributed by atoms with Crippen molar-refractivity contribution in [3.63, 3.8) is 0 Å². The zero-order valence-corrected chi connectivity index (χ0v) is 16.2. The maximum atomic E-state index is 4.81. The second kappa shape index (κ2) is 11.1. The van der Waals surface area contributed by atoms with Crippen LogP contribution in [0.4, 0.5) is 0 Å². The van der Waals surface area contributed by atoms with Crippen molar-refractivity contribution in [1.29, 1.82) is 0 Å². The average Bonchev–Trinajstić information content (AvgIpc) is 3.08. The molecule has 5 nitrogen and oxygen atoms in total. The first-order valence-corrected chi connectivity index (χ1v) is 9.71. The Morgan fingerprint density at radius 2 is 2.04 bits per heavy atom. The van der Waals surface area contributed by atoms with E-state index < -0.39 is 0 Å². The van der Waals surface area contributed by atoms with Crippen LogP contribution >= 0.6 is 0 Å². The number of nitrogens with one attached hydrogen (secondary N) is 2. The van der Waals surface area contributed by atoms with Gasteiger partial charge in [0.05, 0.1) is 6.54 Å². The first kappa shape index (κ1) is 19.7. The Bertz CT molecular complexity index is 502. The van der Waals surface area contributed by atoms with Crippen LogP contribution in [0.3, 0.4) is 0 Å². The lowest BCUT2D eigenvalue weighted by Crippen LogP contribution is -2.42. The van der Waals surface area contributed by atoms with Crippen LogP contribution in [0, 0.1) is 0 Å². The van der Waals surface area contributed by atoms with Gasteiger partial charge in [0.2, 0.25) is 0 Å². The summed E-state index contributed by atoms with van der Waals surface area (Å²) in [5.41, 5.74) is 1.35. The predicted molar refractivity (Wildman–Crippen MR) is 107 cm³/mol. The zero-order chi connectivity index (χ0) is 17.9. The molecule has 1 aromatic rings. The van der Waals surface area contributed by atoms with Crippen LogP contribution in [0.25, 0.3) is 0 Å². The molecule has 1 aromatic carbocycles. The highest BCUT2D eigenvalue weighted by molar-refractivity contribution is 5.79. The number of likely N-dealkylation sites (N-methyl/N-ethyl adjacent to an activating group) is 2. The smallest absolute Gasteiger partial charge is 0.191 e. The van der Waals surface area contributed by atoms with E-state index in [1.807, 2.05) is 0 Å². The van der Waals surface area contributed by atoms with Gasteiger partial charge in [-0.15, -0.1) is 0 Å². The van der Waals surface area contributed by atoms with E-state index in [0.29, 0.717) is 6.04 Å². The average molecular weight is 346 g/mol. The highest BCUT2D eigenvalue weighted by atomic mass is 15.2. The van der Waals surface area contributed by atoms with Crippen molar-refractivity contribution in [2.75, 3.05) is 46.3 Å². The van der Waals surface area contributed by atoms with Crippen LogP contribution in [-0.4, -0.2) is 68.1 Å². The minimum atomic E-state index is 0.612. The number of hydrogen-bond donors (Lipinski definition) is 2. The topological polar surface area (TPSA) is 42.9 Å². The summed E-state index contributed by atoms with van der Waals surface area (Å²) in [4.78, 5) is 9.69. The number of likely N-dealkylation sites (tertiary alicyclic amines) is 1. The van der Waals surface area contributed by atoms with Crippen LogP contribution in [0.1, 0.15) is 32.3 Å². The molecule has 0 radical (unpaired) electrons. The lowest BCUT2D eigenvalue weighted by molar-refractivity contribution is 0.273. The quantitative estimate of drug-likeness (QED) is 0.532. The summed E-state index contributed by atoms with van der Waals surface area (Å²) >= 11 is 0. The number of rotatable bonds is 9. The minimum Gasteiger partial charge on any atom is -0.357 e. The molecule has 0 spiro atoms. The summed E-state index contributed by atoms with van der Waals surface area (Å²) in [6.45, 7) is 11.4.